The molecule has 5 aliphatic rings. The summed E-state index contributed by atoms with van der Waals surface area (Å²) in [6, 6.07) is 1.58. The molecule has 7 heteroatoms. The second-order valence-electron chi connectivity index (χ2n) is 7.04. The van der Waals surface area contributed by atoms with E-state index in [1.54, 1.807) is 13.0 Å². The van der Waals surface area contributed by atoms with Gasteiger partial charge in [-0.2, -0.15) is 10.1 Å². The summed E-state index contributed by atoms with van der Waals surface area (Å²) < 4.78 is 0. The summed E-state index contributed by atoms with van der Waals surface area (Å²) in [5.74, 6) is -0.289. The Labute approximate surface area is 132 Å². The normalized spacial score (nSPS) is 39.4. The van der Waals surface area contributed by atoms with Crippen LogP contribution in [0, 0.1) is 42.4 Å². The first-order valence-electron chi connectivity index (χ1n) is 7.95. The van der Waals surface area contributed by atoms with Crippen LogP contribution in [0.5, 0.6) is 0 Å². The molecule has 0 spiro atoms. The van der Waals surface area contributed by atoms with E-state index >= 15 is 0 Å². The van der Waals surface area contributed by atoms with Crippen LogP contribution in [0.3, 0.4) is 0 Å². The predicted octanol–water partition coefficient (Wildman–Crippen LogP) is 0.416. The number of imide groups is 1. The van der Waals surface area contributed by atoms with Gasteiger partial charge in [0.05, 0.1) is 11.8 Å². The van der Waals surface area contributed by atoms with Gasteiger partial charge in [0.25, 0.3) is 17.7 Å². The predicted molar refractivity (Wildman–Crippen MR) is 77.3 cm³/mol. The van der Waals surface area contributed by atoms with Crippen molar-refractivity contribution in [1.82, 2.24) is 20.6 Å². The molecule has 4 aliphatic carbocycles. The smallest absolute Gasteiger partial charge is 0.282 e. The molecule has 3 amide bonds. The average Bonchev–Trinajstić information content (AvgIpc) is 3.21. The van der Waals surface area contributed by atoms with Gasteiger partial charge in [0.1, 0.15) is 0 Å². The number of nitrogens with one attached hydrogen (secondary N) is 2. The number of H-pyrrole nitrogens is 1. The van der Waals surface area contributed by atoms with Gasteiger partial charge in [-0.05, 0) is 43.1 Å². The van der Waals surface area contributed by atoms with Gasteiger partial charge in [0, 0.05) is 5.69 Å². The highest BCUT2D eigenvalue weighted by Crippen LogP contribution is 2.65. The third-order valence-electron chi connectivity index (χ3n) is 5.81. The Morgan fingerprint density at radius 2 is 1.83 bits per heavy atom. The number of nitrogens with zero attached hydrogens (tertiary/aromatic N) is 2. The fourth-order valence-corrected chi connectivity index (χ4v) is 4.76. The number of aromatic nitrogens is 2. The van der Waals surface area contributed by atoms with Crippen LogP contribution in [-0.4, -0.2) is 32.9 Å². The molecule has 1 saturated heterocycles. The third-order valence-corrected chi connectivity index (χ3v) is 5.81. The Bertz CT molecular complexity index is 746. The van der Waals surface area contributed by atoms with Crippen LogP contribution in [0.4, 0.5) is 0 Å². The van der Waals surface area contributed by atoms with Crippen molar-refractivity contribution in [2.75, 3.05) is 0 Å². The van der Waals surface area contributed by atoms with Gasteiger partial charge in [-0.15, -0.1) is 0 Å². The lowest BCUT2D eigenvalue weighted by atomic mass is 9.63. The van der Waals surface area contributed by atoms with Crippen molar-refractivity contribution >= 4 is 17.7 Å². The van der Waals surface area contributed by atoms with Gasteiger partial charge in [-0.25, -0.2) is 0 Å². The molecule has 1 aromatic heterocycles. The minimum absolute atomic E-state index is 0.154. The molecule has 0 aromatic carbocycles. The first-order valence-corrected chi connectivity index (χ1v) is 7.95. The zero-order chi connectivity index (χ0) is 15.9. The maximum absolute atomic E-state index is 12.7. The van der Waals surface area contributed by atoms with Crippen LogP contribution in [0.1, 0.15) is 22.6 Å². The summed E-state index contributed by atoms with van der Waals surface area (Å²) in [5, 5.41) is 7.46. The van der Waals surface area contributed by atoms with E-state index < -0.39 is 5.91 Å². The first kappa shape index (κ1) is 13.0. The van der Waals surface area contributed by atoms with Gasteiger partial charge in [-0.1, -0.05) is 12.2 Å². The second-order valence-corrected chi connectivity index (χ2v) is 7.04. The molecule has 6 rings (SSSR count). The molecule has 2 heterocycles. The molecule has 1 aromatic rings. The van der Waals surface area contributed by atoms with Crippen molar-refractivity contribution in [3.05, 3.63) is 29.6 Å². The minimum atomic E-state index is -0.542. The van der Waals surface area contributed by atoms with Crippen molar-refractivity contribution in [2.45, 2.75) is 13.3 Å². The summed E-state index contributed by atoms with van der Waals surface area (Å²) in [6.45, 7) is 1.78. The van der Waals surface area contributed by atoms with Crippen LogP contribution in [0.2, 0.25) is 0 Å². The number of carbonyl (C=O) groups excluding carboxylic acids is 3. The topological polar surface area (TPSA) is 95.2 Å². The minimum Gasteiger partial charge on any atom is -0.282 e. The van der Waals surface area contributed by atoms with Gasteiger partial charge >= 0.3 is 0 Å². The van der Waals surface area contributed by atoms with E-state index in [2.05, 4.69) is 27.8 Å². The average molecular weight is 312 g/mol. The van der Waals surface area contributed by atoms with E-state index in [4.69, 9.17) is 0 Å². The van der Waals surface area contributed by atoms with Crippen LogP contribution in [-0.2, 0) is 9.59 Å². The van der Waals surface area contributed by atoms with E-state index in [9.17, 15) is 14.4 Å². The monoisotopic (exact) mass is 312 g/mol. The van der Waals surface area contributed by atoms with Crippen LogP contribution >= 0.6 is 0 Å². The van der Waals surface area contributed by atoms with Crippen molar-refractivity contribution in [3.8, 4) is 0 Å². The van der Waals surface area contributed by atoms with Crippen LogP contribution in [0.15, 0.2) is 18.2 Å². The Balaban J connectivity index is 1.42. The van der Waals surface area contributed by atoms with Gasteiger partial charge in [-0.3, -0.25) is 24.9 Å². The quantitative estimate of drug-likeness (QED) is 0.611. The van der Waals surface area contributed by atoms with Crippen molar-refractivity contribution in [3.63, 3.8) is 0 Å². The number of hydrazine groups is 1. The number of hydrogen-bond acceptors (Lipinski definition) is 4. The number of rotatable bonds is 2. The molecule has 1 aliphatic heterocycles. The molecule has 3 fully saturated rings. The van der Waals surface area contributed by atoms with Crippen molar-refractivity contribution in [2.24, 2.45) is 35.5 Å². The lowest BCUT2D eigenvalue weighted by Gasteiger charge is -2.37. The standard InChI is InChI=1S/C16H16N4O3/c1-6-4-11(18-17-6)14(21)19-20-15(22)12-7-2-3-8(10-5-9(7)10)13(12)16(20)23/h2-4,7-10,12-13H,5H2,1H3,(H,17,18)(H,19,21)/t7-,8+,9+,10-,12-,13+. The number of hydrogen-bond donors (Lipinski definition) is 2. The number of amides is 3. The lowest BCUT2D eigenvalue weighted by molar-refractivity contribution is -0.143. The first-order chi connectivity index (χ1) is 11.1. The Morgan fingerprint density at radius 3 is 2.35 bits per heavy atom. The Kier molecular flexibility index (Phi) is 2.32. The second kappa shape index (κ2) is 4.10. The zero-order valence-corrected chi connectivity index (χ0v) is 12.5. The fraction of sp³-hybridized carbons (Fsp3) is 0.500. The van der Waals surface area contributed by atoms with Crippen molar-refractivity contribution in [1.29, 1.82) is 0 Å². The summed E-state index contributed by atoms with van der Waals surface area (Å²) in [4.78, 5) is 37.6. The van der Waals surface area contributed by atoms with Crippen LogP contribution < -0.4 is 5.43 Å². The van der Waals surface area contributed by atoms with Crippen molar-refractivity contribution < 1.29 is 14.4 Å². The van der Waals surface area contributed by atoms with Crippen LogP contribution in [0.25, 0.3) is 0 Å². The summed E-state index contributed by atoms with van der Waals surface area (Å²) in [7, 11) is 0. The number of aromatic amines is 1. The molecule has 2 N–H and O–H groups in total. The zero-order valence-electron chi connectivity index (χ0n) is 12.5. The molecule has 118 valence electrons. The SMILES string of the molecule is Cc1cc(C(=O)NN2C(=O)[C@@H]3[C@@H]4C=C[C@@H]([C@H]5C[C@@H]45)[C@@H]3C2=O)n[nH]1. The van der Waals surface area contributed by atoms with Gasteiger partial charge < -0.3 is 0 Å². The highest BCUT2D eigenvalue weighted by Gasteiger charge is 2.67. The van der Waals surface area contributed by atoms with E-state index in [1.807, 2.05) is 0 Å². The van der Waals surface area contributed by atoms with Gasteiger partial charge in [0.15, 0.2) is 5.69 Å². The number of allylic oxidation sites excluding steroid dienone is 2. The maximum atomic E-state index is 12.7. The summed E-state index contributed by atoms with van der Waals surface area (Å²) >= 11 is 0. The molecular formula is C16H16N4O3. The highest BCUT2D eigenvalue weighted by atomic mass is 16.2. The van der Waals surface area contributed by atoms with Gasteiger partial charge in [0.2, 0.25) is 0 Å². The molecule has 6 atom stereocenters. The number of carbonyl (C=O) groups is 3. The molecular weight excluding hydrogens is 296 g/mol. The van der Waals surface area contributed by atoms with E-state index in [1.165, 1.54) is 0 Å². The summed E-state index contributed by atoms with van der Waals surface area (Å²) in [6.07, 6.45) is 5.33. The molecule has 0 radical (unpaired) electrons. The fourth-order valence-electron chi connectivity index (χ4n) is 4.76. The molecule has 2 saturated carbocycles. The molecule has 7 nitrogen and oxygen atoms in total. The molecule has 2 bridgehead atoms. The number of aryl methyl sites for hydroxylation is 1. The highest BCUT2D eigenvalue weighted by molar-refractivity contribution is 6.08. The Morgan fingerprint density at radius 1 is 1.22 bits per heavy atom. The maximum Gasteiger partial charge on any atom is 0.290 e. The summed E-state index contributed by atoms with van der Waals surface area (Å²) in [5.41, 5.74) is 3.36. The lowest BCUT2D eigenvalue weighted by Crippen LogP contribution is -2.47. The van der Waals surface area contributed by atoms with E-state index in [0.29, 0.717) is 11.8 Å². The third kappa shape index (κ3) is 1.59. The van der Waals surface area contributed by atoms with E-state index in [0.717, 1.165) is 17.1 Å². The molecule has 23 heavy (non-hydrogen) atoms. The molecule has 0 unspecified atom stereocenters. The van der Waals surface area contributed by atoms with E-state index in [-0.39, 0.29) is 41.2 Å². The Hall–Kier alpha value is -2.44. The largest absolute Gasteiger partial charge is 0.290 e.